The lowest BCUT2D eigenvalue weighted by Gasteiger charge is -2.22. The molecule has 0 saturated carbocycles. The molecule has 0 bridgehead atoms. The molecule has 0 atom stereocenters. The van der Waals surface area contributed by atoms with Crippen LogP contribution in [0.25, 0.3) is 0 Å². The van der Waals surface area contributed by atoms with Crippen molar-refractivity contribution in [3.63, 3.8) is 0 Å². The van der Waals surface area contributed by atoms with Crippen LogP contribution in [0.3, 0.4) is 0 Å². The monoisotopic (exact) mass is 225 g/mol. The van der Waals surface area contributed by atoms with Gasteiger partial charge in [0.2, 0.25) is 0 Å². The molecule has 1 aromatic carbocycles. The van der Waals surface area contributed by atoms with Crippen LogP contribution in [0, 0.1) is 6.92 Å². The summed E-state index contributed by atoms with van der Waals surface area (Å²) in [7, 11) is 0. The first-order valence-corrected chi connectivity index (χ1v) is 5.75. The van der Waals surface area contributed by atoms with E-state index in [0.29, 0.717) is 6.54 Å². The van der Waals surface area contributed by atoms with Crippen LogP contribution in [0.1, 0.15) is 23.1 Å². The number of ether oxygens (including phenoxy) is 1. The van der Waals surface area contributed by atoms with Gasteiger partial charge in [-0.2, -0.15) is 0 Å². The molecule has 0 radical (unpaired) electrons. The molecule has 15 heavy (non-hydrogen) atoms. The van der Waals surface area contributed by atoms with E-state index >= 15 is 0 Å². The molecule has 1 aliphatic heterocycles. The highest BCUT2D eigenvalue weighted by Crippen LogP contribution is 2.36. The van der Waals surface area contributed by atoms with Gasteiger partial charge in [0, 0.05) is 0 Å². The predicted molar refractivity (Wildman–Crippen MR) is 62.8 cm³/mol. The smallest absolute Gasteiger partial charge is 0.141 e. The van der Waals surface area contributed by atoms with Crippen molar-refractivity contribution < 1.29 is 4.74 Å². The molecule has 1 aromatic rings. The van der Waals surface area contributed by atoms with Gasteiger partial charge in [-0.15, -0.1) is 0 Å². The maximum Gasteiger partial charge on any atom is 0.141 e. The van der Waals surface area contributed by atoms with Crippen LogP contribution >= 0.6 is 11.6 Å². The summed E-state index contributed by atoms with van der Waals surface area (Å²) in [5, 5.41) is 0.735. The van der Waals surface area contributed by atoms with Crippen LogP contribution in [0.5, 0.6) is 5.75 Å². The fourth-order valence-corrected chi connectivity index (χ4v) is 2.43. The summed E-state index contributed by atoms with van der Waals surface area (Å²) in [5.41, 5.74) is 9.42. The number of halogens is 1. The van der Waals surface area contributed by atoms with E-state index in [1.165, 1.54) is 16.7 Å². The van der Waals surface area contributed by atoms with Gasteiger partial charge in [-0.3, -0.25) is 0 Å². The third-order valence-corrected chi connectivity index (χ3v) is 3.24. The Labute approximate surface area is 95.4 Å². The van der Waals surface area contributed by atoms with Gasteiger partial charge in [0.1, 0.15) is 5.75 Å². The molecule has 0 spiro atoms. The zero-order valence-corrected chi connectivity index (χ0v) is 9.73. The van der Waals surface area contributed by atoms with Gasteiger partial charge in [0.25, 0.3) is 0 Å². The molecule has 0 aromatic heterocycles. The summed E-state index contributed by atoms with van der Waals surface area (Å²) in [6.07, 6.45) is 3.04. The minimum Gasteiger partial charge on any atom is -0.492 e. The number of benzene rings is 1. The first-order chi connectivity index (χ1) is 7.24. The Morgan fingerprint density at radius 3 is 3.07 bits per heavy atom. The van der Waals surface area contributed by atoms with E-state index in [2.05, 4.69) is 6.92 Å². The molecule has 0 fully saturated rings. The molecular weight excluding hydrogens is 210 g/mol. The Morgan fingerprint density at radius 2 is 2.33 bits per heavy atom. The number of hydrogen-bond acceptors (Lipinski definition) is 2. The number of fused-ring (bicyclic) bond motifs is 1. The normalized spacial score (nSPS) is 14.6. The predicted octanol–water partition coefficient (Wildman–Crippen LogP) is 2.47. The van der Waals surface area contributed by atoms with Gasteiger partial charge in [-0.05, 0) is 55.5 Å². The maximum atomic E-state index is 6.19. The first kappa shape index (κ1) is 10.8. The van der Waals surface area contributed by atoms with E-state index in [-0.39, 0.29) is 0 Å². The quantitative estimate of drug-likeness (QED) is 0.840. The van der Waals surface area contributed by atoms with E-state index < -0.39 is 0 Å². The SMILES string of the molecule is Cc1c(CCN)cc(Cl)c2c1CCCO2. The van der Waals surface area contributed by atoms with Crippen molar-refractivity contribution >= 4 is 11.6 Å². The summed E-state index contributed by atoms with van der Waals surface area (Å²) in [4.78, 5) is 0. The molecule has 2 rings (SSSR count). The highest BCUT2D eigenvalue weighted by atomic mass is 35.5. The van der Waals surface area contributed by atoms with Crippen LogP contribution in [-0.4, -0.2) is 13.2 Å². The van der Waals surface area contributed by atoms with E-state index in [1.54, 1.807) is 0 Å². The summed E-state index contributed by atoms with van der Waals surface area (Å²) in [5.74, 6) is 0.890. The van der Waals surface area contributed by atoms with Crippen molar-refractivity contribution in [2.75, 3.05) is 13.2 Å². The van der Waals surface area contributed by atoms with Crippen LogP contribution in [0.4, 0.5) is 0 Å². The van der Waals surface area contributed by atoms with E-state index in [1.807, 2.05) is 6.07 Å². The molecule has 0 amide bonds. The topological polar surface area (TPSA) is 35.2 Å². The zero-order chi connectivity index (χ0) is 10.8. The highest BCUT2D eigenvalue weighted by molar-refractivity contribution is 6.32. The van der Waals surface area contributed by atoms with Crippen molar-refractivity contribution in [3.8, 4) is 5.75 Å². The average molecular weight is 226 g/mol. The largest absolute Gasteiger partial charge is 0.492 e. The van der Waals surface area contributed by atoms with Gasteiger partial charge in [-0.25, -0.2) is 0 Å². The molecule has 0 saturated heterocycles. The third-order valence-electron chi connectivity index (χ3n) is 2.96. The Bertz CT molecular complexity index is 376. The van der Waals surface area contributed by atoms with Crippen LogP contribution in [-0.2, 0) is 12.8 Å². The third kappa shape index (κ3) is 1.97. The minimum absolute atomic E-state index is 0.664. The fourth-order valence-electron chi connectivity index (χ4n) is 2.13. The van der Waals surface area contributed by atoms with Crippen molar-refractivity contribution in [1.29, 1.82) is 0 Å². The molecule has 0 unspecified atom stereocenters. The standard InChI is InChI=1S/C12H16ClNO/c1-8-9(4-5-14)7-11(13)12-10(8)3-2-6-15-12/h7H,2-6,14H2,1H3. The van der Waals surface area contributed by atoms with Gasteiger partial charge in [0.15, 0.2) is 0 Å². The maximum absolute atomic E-state index is 6.19. The zero-order valence-electron chi connectivity index (χ0n) is 8.98. The molecule has 2 nitrogen and oxygen atoms in total. The van der Waals surface area contributed by atoms with Crippen molar-refractivity contribution in [2.24, 2.45) is 5.73 Å². The summed E-state index contributed by atoms with van der Waals surface area (Å²) < 4.78 is 5.60. The van der Waals surface area contributed by atoms with Crippen LogP contribution < -0.4 is 10.5 Å². The van der Waals surface area contributed by atoms with E-state index in [0.717, 1.165) is 36.6 Å². The molecule has 1 heterocycles. The highest BCUT2D eigenvalue weighted by Gasteiger charge is 2.18. The minimum atomic E-state index is 0.664. The van der Waals surface area contributed by atoms with Crippen molar-refractivity contribution in [3.05, 3.63) is 27.8 Å². The molecule has 1 aliphatic rings. The molecular formula is C12H16ClNO. The Balaban J connectivity index is 2.49. The second-order valence-electron chi connectivity index (χ2n) is 3.94. The molecule has 3 heteroatoms. The van der Waals surface area contributed by atoms with Gasteiger partial charge in [0.05, 0.1) is 11.6 Å². The number of rotatable bonds is 2. The van der Waals surface area contributed by atoms with E-state index in [9.17, 15) is 0 Å². The molecule has 82 valence electrons. The molecule has 0 aliphatic carbocycles. The van der Waals surface area contributed by atoms with Gasteiger partial charge in [-0.1, -0.05) is 11.6 Å². The lowest BCUT2D eigenvalue weighted by atomic mass is 9.95. The van der Waals surface area contributed by atoms with Crippen LogP contribution in [0.15, 0.2) is 6.07 Å². The number of nitrogens with two attached hydrogens (primary N) is 1. The average Bonchev–Trinajstić information content (AvgIpc) is 2.26. The van der Waals surface area contributed by atoms with Gasteiger partial charge < -0.3 is 10.5 Å². The Kier molecular flexibility index (Phi) is 3.17. The van der Waals surface area contributed by atoms with Crippen molar-refractivity contribution in [2.45, 2.75) is 26.2 Å². The first-order valence-electron chi connectivity index (χ1n) is 5.37. The van der Waals surface area contributed by atoms with Crippen LogP contribution in [0.2, 0.25) is 5.02 Å². The van der Waals surface area contributed by atoms with Gasteiger partial charge >= 0.3 is 0 Å². The lowest BCUT2D eigenvalue weighted by molar-refractivity contribution is 0.288. The summed E-state index contributed by atoms with van der Waals surface area (Å²) in [6.45, 7) is 3.58. The Morgan fingerprint density at radius 1 is 1.53 bits per heavy atom. The van der Waals surface area contributed by atoms with Crippen molar-refractivity contribution in [1.82, 2.24) is 0 Å². The molecule has 2 N–H and O–H groups in total. The Hall–Kier alpha value is -0.730. The number of hydrogen-bond donors (Lipinski definition) is 1. The summed E-state index contributed by atoms with van der Waals surface area (Å²) in [6, 6.07) is 1.99. The second kappa shape index (κ2) is 4.42. The lowest BCUT2D eigenvalue weighted by Crippen LogP contribution is -2.13. The van der Waals surface area contributed by atoms with E-state index in [4.69, 9.17) is 22.1 Å². The summed E-state index contributed by atoms with van der Waals surface area (Å²) >= 11 is 6.19. The second-order valence-corrected chi connectivity index (χ2v) is 4.35. The fraction of sp³-hybridized carbons (Fsp3) is 0.500.